The molecule has 1 saturated heterocycles. The third kappa shape index (κ3) is 6.12. The first-order valence-corrected chi connectivity index (χ1v) is 11.8. The molecule has 2 heterocycles. The minimum atomic E-state index is -1.89. The molecule has 0 aliphatic carbocycles. The number of morpholine rings is 1. The van der Waals surface area contributed by atoms with Crippen LogP contribution < -0.4 is 16.0 Å². The van der Waals surface area contributed by atoms with Gasteiger partial charge in [0.15, 0.2) is 18.0 Å². The van der Waals surface area contributed by atoms with Crippen molar-refractivity contribution in [3.05, 3.63) is 64.4 Å². The fourth-order valence-electron chi connectivity index (χ4n) is 3.75. The number of carbonyl (C=O) groups is 3. The minimum absolute atomic E-state index is 0.0169. The van der Waals surface area contributed by atoms with Gasteiger partial charge in [0.2, 0.25) is 0 Å². The molecule has 1 aliphatic rings. The zero-order valence-electron chi connectivity index (χ0n) is 20.3. The molecule has 3 N–H and O–H groups in total. The molecule has 200 valence electrons. The Bertz CT molecular complexity index is 1370. The zero-order valence-corrected chi connectivity index (χ0v) is 20.3. The molecule has 12 nitrogen and oxygen atoms in total. The van der Waals surface area contributed by atoms with Crippen LogP contribution in [0.1, 0.15) is 30.1 Å². The smallest absolute Gasteiger partial charge is 0.439 e. The second kappa shape index (κ2) is 11.8. The largest absolute Gasteiger partial charge is 0.462 e. The lowest BCUT2D eigenvalue weighted by molar-refractivity contribution is -0.150. The van der Waals surface area contributed by atoms with Gasteiger partial charge in [0.05, 0.1) is 18.8 Å². The van der Waals surface area contributed by atoms with Crippen LogP contribution in [0.2, 0.25) is 0 Å². The molecule has 38 heavy (non-hydrogen) atoms. The quantitative estimate of drug-likeness (QED) is 0.278. The first-order valence-electron chi connectivity index (χ1n) is 11.8. The van der Waals surface area contributed by atoms with E-state index in [1.807, 2.05) is 6.92 Å². The highest BCUT2D eigenvalue weighted by atomic mass is 19.1. The topological polar surface area (TPSA) is 164 Å². The number of amides is 2. The van der Waals surface area contributed by atoms with Crippen LogP contribution in [0.25, 0.3) is 11.4 Å². The summed E-state index contributed by atoms with van der Waals surface area (Å²) in [6, 6.07) is 9.48. The number of H-pyrrole nitrogens is 1. The molecule has 4 rings (SSSR count). The second-order valence-corrected chi connectivity index (χ2v) is 8.42. The summed E-state index contributed by atoms with van der Waals surface area (Å²) in [5, 5.41) is 16.6. The SMILES string of the molecule is CCCCOC(=O)c1cc(F)cc(N2CCO[C@H]([C@@H](O)C(=O)Nc3ccc(-c4noc(=O)[nH]4)cc3)C2=O)c1. The Morgan fingerprint density at radius 3 is 2.71 bits per heavy atom. The van der Waals surface area contributed by atoms with Crippen molar-refractivity contribution in [3.63, 3.8) is 0 Å². The summed E-state index contributed by atoms with van der Waals surface area (Å²) in [4.78, 5) is 52.7. The van der Waals surface area contributed by atoms with Gasteiger partial charge in [0.1, 0.15) is 5.82 Å². The Morgan fingerprint density at radius 1 is 1.26 bits per heavy atom. The summed E-state index contributed by atoms with van der Waals surface area (Å²) in [6.07, 6.45) is -1.98. The van der Waals surface area contributed by atoms with Crippen molar-refractivity contribution < 1.29 is 37.9 Å². The van der Waals surface area contributed by atoms with Crippen LogP contribution in [0, 0.1) is 5.82 Å². The van der Waals surface area contributed by atoms with Crippen molar-refractivity contribution in [1.82, 2.24) is 10.1 Å². The Kier molecular flexibility index (Phi) is 8.28. The van der Waals surface area contributed by atoms with E-state index in [0.717, 1.165) is 23.5 Å². The molecule has 2 aromatic carbocycles. The molecule has 3 aromatic rings. The van der Waals surface area contributed by atoms with E-state index in [1.165, 1.54) is 18.2 Å². The predicted octanol–water partition coefficient (Wildman–Crippen LogP) is 1.86. The number of aromatic nitrogens is 2. The maximum atomic E-state index is 14.3. The number of nitrogens with one attached hydrogen (secondary N) is 2. The number of aliphatic hydroxyl groups excluding tert-OH is 1. The molecule has 0 radical (unpaired) electrons. The third-order valence-corrected chi connectivity index (χ3v) is 5.70. The summed E-state index contributed by atoms with van der Waals surface area (Å²) in [5.74, 6) is -3.68. The lowest BCUT2D eigenvalue weighted by Gasteiger charge is -2.34. The van der Waals surface area contributed by atoms with Crippen LogP contribution in [0.3, 0.4) is 0 Å². The molecular formula is C25H25FN4O8. The number of nitrogens with zero attached hydrogens (tertiary/aromatic N) is 2. The average molecular weight is 528 g/mol. The van der Waals surface area contributed by atoms with Gasteiger partial charge < -0.3 is 24.8 Å². The molecule has 0 unspecified atom stereocenters. The second-order valence-electron chi connectivity index (χ2n) is 8.42. The van der Waals surface area contributed by atoms with Crippen LogP contribution in [0.5, 0.6) is 0 Å². The summed E-state index contributed by atoms with van der Waals surface area (Å²) in [5.41, 5.74) is 0.808. The molecule has 2 atom stereocenters. The molecule has 1 fully saturated rings. The lowest BCUT2D eigenvalue weighted by atomic mass is 10.1. The fourth-order valence-corrected chi connectivity index (χ4v) is 3.75. The van der Waals surface area contributed by atoms with Crippen molar-refractivity contribution in [2.45, 2.75) is 32.0 Å². The van der Waals surface area contributed by atoms with E-state index in [4.69, 9.17) is 9.47 Å². The highest BCUT2D eigenvalue weighted by molar-refractivity contribution is 6.04. The van der Waals surface area contributed by atoms with E-state index in [2.05, 4.69) is 20.0 Å². The standard InChI is InChI=1S/C25H25FN4O8/c1-2-3-9-37-24(34)15-11-16(26)13-18(12-15)30-8-10-36-20(23(30)33)19(31)22(32)27-17-6-4-14(5-7-17)21-28-25(35)38-29-21/h4-7,11-13,19-20,31H,2-3,8-10H2,1H3,(H,27,32)(H,28,29,35)/t19-,20-/m1/s1. The molecule has 1 aromatic heterocycles. The Morgan fingerprint density at radius 2 is 2.03 bits per heavy atom. The maximum Gasteiger partial charge on any atom is 0.439 e. The van der Waals surface area contributed by atoms with Gasteiger partial charge in [0.25, 0.3) is 11.8 Å². The van der Waals surface area contributed by atoms with E-state index in [1.54, 1.807) is 12.1 Å². The summed E-state index contributed by atoms with van der Waals surface area (Å²) in [7, 11) is 0. The van der Waals surface area contributed by atoms with Gasteiger partial charge in [-0.2, -0.15) is 0 Å². The number of esters is 1. The van der Waals surface area contributed by atoms with Crippen molar-refractivity contribution in [3.8, 4) is 11.4 Å². The normalized spacial score (nSPS) is 16.2. The molecule has 1 aliphatic heterocycles. The first-order chi connectivity index (χ1) is 18.3. The summed E-state index contributed by atoms with van der Waals surface area (Å²) >= 11 is 0. The van der Waals surface area contributed by atoms with Crippen LogP contribution in [0.4, 0.5) is 15.8 Å². The number of unbranched alkanes of at least 4 members (excludes halogenated alkanes) is 1. The first kappa shape index (κ1) is 26.7. The number of hydrogen-bond donors (Lipinski definition) is 3. The molecule has 0 spiro atoms. The Hall–Kier alpha value is -4.36. The maximum absolute atomic E-state index is 14.3. The predicted molar refractivity (Wildman–Crippen MR) is 131 cm³/mol. The number of benzene rings is 2. The number of carbonyl (C=O) groups excluding carboxylic acids is 3. The highest BCUT2D eigenvalue weighted by Crippen LogP contribution is 2.24. The van der Waals surface area contributed by atoms with Crippen LogP contribution >= 0.6 is 0 Å². The summed E-state index contributed by atoms with van der Waals surface area (Å²) in [6.45, 7) is 2.09. The van der Waals surface area contributed by atoms with Gasteiger partial charge >= 0.3 is 11.7 Å². The minimum Gasteiger partial charge on any atom is -0.462 e. The number of anilines is 2. The number of halogens is 1. The van der Waals surface area contributed by atoms with Gasteiger partial charge in [-0.3, -0.25) is 19.1 Å². The van der Waals surface area contributed by atoms with Crippen LogP contribution in [0.15, 0.2) is 51.8 Å². The number of ether oxygens (including phenoxy) is 2. The molecule has 2 amide bonds. The van der Waals surface area contributed by atoms with Crippen molar-refractivity contribution in [2.75, 3.05) is 30.0 Å². The van der Waals surface area contributed by atoms with Crippen molar-refractivity contribution >= 4 is 29.2 Å². The van der Waals surface area contributed by atoms with E-state index in [0.29, 0.717) is 17.7 Å². The molecule has 13 heteroatoms. The van der Waals surface area contributed by atoms with Gasteiger partial charge in [-0.25, -0.2) is 14.0 Å². The fraction of sp³-hybridized carbons (Fsp3) is 0.320. The third-order valence-electron chi connectivity index (χ3n) is 5.70. The highest BCUT2D eigenvalue weighted by Gasteiger charge is 2.39. The van der Waals surface area contributed by atoms with Crippen molar-refractivity contribution in [1.29, 1.82) is 0 Å². The summed E-state index contributed by atoms with van der Waals surface area (Å²) < 4.78 is 29.3. The number of rotatable bonds is 9. The van der Waals surface area contributed by atoms with Crippen LogP contribution in [-0.2, 0) is 19.1 Å². The zero-order chi connectivity index (χ0) is 27.2. The van der Waals surface area contributed by atoms with Gasteiger partial charge in [-0.15, -0.1) is 0 Å². The lowest BCUT2D eigenvalue weighted by Crippen LogP contribution is -2.55. The van der Waals surface area contributed by atoms with Gasteiger partial charge in [0, 0.05) is 23.5 Å². The molecular weight excluding hydrogens is 503 g/mol. The van der Waals surface area contributed by atoms with E-state index in [9.17, 15) is 28.7 Å². The Balaban J connectivity index is 1.43. The molecule has 0 saturated carbocycles. The van der Waals surface area contributed by atoms with Gasteiger partial charge in [-0.1, -0.05) is 18.5 Å². The average Bonchev–Trinajstić information content (AvgIpc) is 3.34. The number of hydrogen-bond acceptors (Lipinski definition) is 9. The van der Waals surface area contributed by atoms with Crippen molar-refractivity contribution in [2.24, 2.45) is 0 Å². The molecule has 0 bridgehead atoms. The number of aliphatic hydroxyl groups is 1. The van der Waals surface area contributed by atoms with E-state index >= 15 is 0 Å². The van der Waals surface area contributed by atoms with E-state index in [-0.39, 0.29) is 36.8 Å². The Labute approximate surface area is 215 Å². The monoisotopic (exact) mass is 528 g/mol. The number of aromatic amines is 1. The van der Waals surface area contributed by atoms with Crippen LogP contribution in [-0.4, -0.2) is 65.0 Å². The van der Waals surface area contributed by atoms with Gasteiger partial charge in [-0.05, 0) is 48.9 Å². The van der Waals surface area contributed by atoms with E-state index < -0.39 is 41.6 Å².